The first-order chi connectivity index (χ1) is 8.16. The molecule has 0 aromatic heterocycles. The molecule has 0 radical (unpaired) electrons. The normalized spacial score (nSPS) is 19.2. The Morgan fingerprint density at radius 1 is 1.29 bits per heavy atom. The second kappa shape index (κ2) is 6.01. The third-order valence-corrected chi connectivity index (χ3v) is 4.48. The molecule has 1 unspecified atom stereocenters. The van der Waals surface area contributed by atoms with Crippen LogP contribution in [-0.4, -0.2) is 5.11 Å². The fourth-order valence-corrected chi connectivity index (χ4v) is 3.53. The van der Waals surface area contributed by atoms with Crippen molar-refractivity contribution in [2.45, 2.75) is 51.6 Å². The predicted octanol–water partition coefficient (Wildman–Crippen LogP) is 4.76. The fourth-order valence-electron chi connectivity index (χ4n) is 2.77. The van der Waals surface area contributed by atoms with E-state index in [0.29, 0.717) is 5.92 Å². The Bertz CT molecular complexity index is 369. The predicted molar refractivity (Wildman–Crippen MR) is 75.0 cm³/mol. The summed E-state index contributed by atoms with van der Waals surface area (Å²) in [5.41, 5.74) is 2.27. The Kier molecular flexibility index (Phi) is 4.63. The topological polar surface area (TPSA) is 20.2 Å². The minimum atomic E-state index is -0.312. The van der Waals surface area contributed by atoms with Crippen molar-refractivity contribution in [3.8, 4) is 0 Å². The SMILES string of the molecule is Cc1ccc(C(O)CC2CCCCC2)c(Br)c1. The Morgan fingerprint density at radius 2 is 2.00 bits per heavy atom. The van der Waals surface area contributed by atoms with Crippen LogP contribution in [0.4, 0.5) is 0 Å². The van der Waals surface area contributed by atoms with E-state index in [9.17, 15) is 5.11 Å². The number of benzene rings is 1. The summed E-state index contributed by atoms with van der Waals surface area (Å²) in [6, 6.07) is 6.20. The number of hydrogen-bond acceptors (Lipinski definition) is 1. The zero-order valence-electron chi connectivity index (χ0n) is 10.5. The summed E-state index contributed by atoms with van der Waals surface area (Å²) < 4.78 is 1.04. The average Bonchev–Trinajstić information content (AvgIpc) is 2.30. The van der Waals surface area contributed by atoms with Crippen LogP contribution in [0, 0.1) is 12.8 Å². The fraction of sp³-hybridized carbons (Fsp3) is 0.600. The van der Waals surface area contributed by atoms with Crippen molar-refractivity contribution in [1.82, 2.24) is 0 Å². The maximum absolute atomic E-state index is 10.3. The van der Waals surface area contributed by atoms with Crippen molar-refractivity contribution in [3.63, 3.8) is 0 Å². The van der Waals surface area contributed by atoms with E-state index in [1.54, 1.807) is 0 Å². The van der Waals surface area contributed by atoms with E-state index in [1.807, 2.05) is 6.07 Å². The smallest absolute Gasteiger partial charge is 0.0803 e. The lowest BCUT2D eigenvalue weighted by Gasteiger charge is -2.24. The van der Waals surface area contributed by atoms with Crippen molar-refractivity contribution in [2.24, 2.45) is 5.92 Å². The van der Waals surface area contributed by atoms with Gasteiger partial charge in [-0.15, -0.1) is 0 Å². The quantitative estimate of drug-likeness (QED) is 0.852. The van der Waals surface area contributed by atoms with Gasteiger partial charge in [0.1, 0.15) is 0 Å². The van der Waals surface area contributed by atoms with Crippen LogP contribution in [-0.2, 0) is 0 Å². The lowest BCUT2D eigenvalue weighted by molar-refractivity contribution is 0.131. The highest BCUT2D eigenvalue weighted by atomic mass is 79.9. The van der Waals surface area contributed by atoms with Crippen molar-refractivity contribution < 1.29 is 5.11 Å². The molecule has 0 saturated heterocycles. The molecule has 2 rings (SSSR count). The highest BCUT2D eigenvalue weighted by Gasteiger charge is 2.19. The highest BCUT2D eigenvalue weighted by Crippen LogP contribution is 2.34. The Morgan fingerprint density at radius 3 is 2.65 bits per heavy atom. The van der Waals surface area contributed by atoms with E-state index < -0.39 is 0 Å². The van der Waals surface area contributed by atoms with Gasteiger partial charge in [-0.1, -0.05) is 60.2 Å². The van der Waals surface area contributed by atoms with Crippen LogP contribution < -0.4 is 0 Å². The average molecular weight is 297 g/mol. The van der Waals surface area contributed by atoms with Crippen LogP contribution in [0.25, 0.3) is 0 Å². The number of aryl methyl sites for hydroxylation is 1. The molecule has 1 aliphatic rings. The van der Waals surface area contributed by atoms with Crippen LogP contribution in [0.2, 0.25) is 0 Å². The van der Waals surface area contributed by atoms with E-state index in [0.717, 1.165) is 16.5 Å². The van der Waals surface area contributed by atoms with Crippen molar-refractivity contribution in [2.75, 3.05) is 0 Å². The Balaban J connectivity index is 2.00. The highest BCUT2D eigenvalue weighted by molar-refractivity contribution is 9.10. The summed E-state index contributed by atoms with van der Waals surface area (Å²) in [6.45, 7) is 2.07. The summed E-state index contributed by atoms with van der Waals surface area (Å²) in [7, 11) is 0. The molecule has 0 amide bonds. The second-order valence-electron chi connectivity index (χ2n) is 5.28. The first kappa shape index (κ1) is 13.1. The van der Waals surface area contributed by atoms with Gasteiger partial charge in [-0.2, -0.15) is 0 Å². The van der Waals surface area contributed by atoms with Gasteiger partial charge in [-0.3, -0.25) is 0 Å². The number of aliphatic hydroxyl groups is 1. The summed E-state index contributed by atoms with van der Waals surface area (Å²) in [6.07, 6.45) is 7.25. The van der Waals surface area contributed by atoms with Crippen LogP contribution in [0.1, 0.15) is 55.8 Å². The first-order valence-electron chi connectivity index (χ1n) is 6.61. The zero-order valence-corrected chi connectivity index (χ0v) is 12.0. The summed E-state index contributed by atoms with van der Waals surface area (Å²) >= 11 is 3.55. The maximum atomic E-state index is 10.3. The molecule has 0 bridgehead atoms. The lowest BCUT2D eigenvalue weighted by atomic mass is 9.84. The molecule has 0 aliphatic heterocycles. The molecule has 0 heterocycles. The summed E-state index contributed by atoms with van der Waals surface area (Å²) in [4.78, 5) is 0. The number of halogens is 1. The molecule has 1 aliphatic carbocycles. The molecule has 1 aromatic rings. The molecule has 1 atom stereocenters. The minimum absolute atomic E-state index is 0.312. The molecular weight excluding hydrogens is 276 g/mol. The van der Waals surface area contributed by atoms with Crippen LogP contribution in [0.5, 0.6) is 0 Å². The van der Waals surface area contributed by atoms with E-state index in [-0.39, 0.29) is 6.10 Å². The van der Waals surface area contributed by atoms with Gasteiger partial charge >= 0.3 is 0 Å². The molecular formula is C15H21BrO. The van der Waals surface area contributed by atoms with Gasteiger partial charge < -0.3 is 5.11 Å². The van der Waals surface area contributed by atoms with E-state index in [4.69, 9.17) is 0 Å². The van der Waals surface area contributed by atoms with E-state index >= 15 is 0 Å². The van der Waals surface area contributed by atoms with Crippen molar-refractivity contribution >= 4 is 15.9 Å². The zero-order chi connectivity index (χ0) is 12.3. The molecule has 1 nitrogen and oxygen atoms in total. The van der Waals surface area contributed by atoms with Gasteiger partial charge in [0.05, 0.1) is 6.10 Å². The van der Waals surface area contributed by atoms with Gasteiger partial charge in [0.15, 0.2) is 0 Å². The third-order valence-electron chi connectivity index (χ3n) is 3.80. The van der Waals surface area contributed by atoms with Crippen molar-refractivity contribution in [1.29, 1.82) is 0 Å². The Labute approximate surface area is 112 Å². The molecule has 94 valence electrons. The van der Waals surface area contributed by atoms with Gasteiger partial charge in [0.25, 0.3) is 0 Å². The molecule has 17 heavy (non-hydrogen) atoms. The van der Waals surface area contributed by atoms with Gasteiger partial charge in [-0.05, 0) is 36.5 Å². The number of hydrogen-bond donors (Lipinski definition) is 1. The molecule has 2 heteroatoms. The number of aliphatic hydroxyl groups excluding tert-OH is 1. The number of rotatable bonds is 3. The summed E-state index contributed by atoms with van der Waals surface area (Å²) in [5, 5.41) is 10.3. The van der Waals surface area contributed by atoms with Crippen LogP contribution >= 0.6 is 15.9 Å². The largest absolute Gasteiger partial charge is 0.388 e. The molecule has 1 N–H and O–H groups in total. The molecule has 1 saturated carbocycles. The van der Waals surface area contributed by atoms with Gasteiger partial charge in [0, 0.05) is 4.47 Å². The lowest BCUT2D eigenvalue weighted by Crippen LogP contribution is -2.11. The van der Waals surface area contributed by atoms with E-state index in [1.165, 1.54) is 37.7 Å². The van der Waals surface area contributed by atoms with Crippen LogP contribution in [0.15, 0.2) is 22.7 Å². The Hall–Kier alpha value is -0.340. The third kappa shape index (κ3) is 3.56. The second-order valence-corrected chi connectivity index (χ2v) is 6.13. The van der Waals surface area contributed by atoms with Gasteiger partial charge in [0.2, 0.25) is 0 Å². The maximum Gasteiger partial charge on any atom is 0.0803 e. The minimum Gasteiger partial charge on any atom is -0.388 e. The standard InChI is InChI=1S/C15H21BrO/c1-11-7-8-13(14(16)9-11)15(17)10-12-5-3-2-4-6-12/h7-9,12,15,17H,2-6,10H2,1H3. The molecule has 1 fully saturated rings. The molecule has 0 spiro atoms. The molecule has 1 aromatic carbocycles. The van der Waals surface area contributed by atoms with Crippen molar-refractivity contribution in [3.05, 3.63) is 33.8 Å². The van der Waals surface area contributed by atoms with Gasteiger partial charge in [-0.25, -0.2) is 0 Å². The summed E-state index contributed by atoms with van der Waals surface area (Å²) in [5.74, 6) is 0.715. The van der Waals surface area contributed by atoms with E-state index in [2.05, 4.69) is 35.0 Å². The first-order valence-corrected chi connectivity index (χ1v) is 7.40. The van der Waals surface area contributed by atoms with Crippen LogP contribution in [0.3, 0.4) is 0 Å². The monoisotopic (exact) mass is 296 g/mol.